The maximum atomic E-state index is 9.48. The molecule has 128 valence electrons. The van der Waals surface area contributed by atoms with Crippen molar-refractivity contribution in [1.29, 1.82) is 0 Å². The van der Waals surface area contributed by atoms with E-state index in [9.17, 15) is 5.11 Å². The lowest BCUT2D eigenvalue weighted by Gasteiger charge is -2.24. The van der Waals surface area contributed by atoms with Crippen LogP contribution < -0.4 is 15.0 Å². The normalized spacial score (nSPS) is 17.1. The van der Waals surface area contributed by atoms with Gasteiger partial charge in [0.2, 0.25) is 5.88 Å². The monoisotopic (exact) mass is 329 g/mol. The zero-order valence-corrected chi connectivity index (χ0v) is 13.9. The Morgan fingerprint density at radius 3 is 3.12 bits per heavy atom. The first kappa shape index (κ1) is 16.4. The van der Waals surface area contributed by atoms with Crippen LogP contribution in [0.4, 0.5) is 11.6 Å². The van der Waals surface area contributed by atoms with Crippen molar-refractivity contribution < 1.29 is 9.84 Å². The summed E-state index contributed by atoms with van der Waals surface area (Å²) in [6.45, 7) is 4.16. The molecule has 3 heterocycles. The highest BCUT2D eigenvalue weighted by Crippen LogP contribution is 2.25. The summed E-state index contributed by atoms with van der Waals surface area (Å²) < 4.78 is 5.54. The minimum Gasteiger partial charge on any atom is -0.478 e. The summed E-state index contributed by atoms with van der Waals surface area (Å²) in [5.41, 5.74) is 0.980. The molecule has 2 aromatic heterocycles. The number of hydrogen-bond acceptors (Lipinski definition) is 7. The topological polar surface area (TPSA) is 83.4 Å². The molecule has 0 saturated carbocycles. The van der Waals surface area contributed by atoms with Gasteiger partial charge < -0.3 is 20.1 Å². The van der Waals surface area contributed by atoms with Crippen LogP contribution >= 0.6 is 0 Å². The molecule has 1 saturated heterocycles. The summed E-state index contributed by atoms with van der Waals surface area (Å²) in [7, 11) is 0. The lowest BCUT2D eigenvalue weighted by atomic mass is 10.2. The van der Waals surface area contributed by atoms with Gasteiger partial charge in [-0.15, -0.1) is 0 Å². The van der Waals surface area contributed by atoms with E-state index in [4.69, 9.17) is 4.74 Å². The zero-order chi connectivity index (χ0) is 16.8. The Balaban J connectivity index is 1.69. The molecule has 3 rings (SSSR count). The largest absolute Gasteiger partial charge is 0.478 e. The third kappa shape index (κ3) is 3.73. The molecule has 0 bridgehead atoms. The molecule has 0 radical (unpaired) electrons. The van der Waals surface area contributed by atoms with Gasteiger partial charge in [0, 0.05) is 30.9 Å². The fourth-order valence-electron chi connectivity index (χ4n) is 2.94. The van der Waals surface area contributed by atoms with Crippen molar-refractivity contribution >= 4 is 11.6 Å². The number of ether oxygens (including phenoxy) is 1. The van der Waals surface area contributed by atoms with Crippen molar-refractivity contribution in [3.8, 4) is 5.88 Å². The lowest BCUT2D eigenvalue weighted by molar-refractivity contribution is 0.266. The van der Waals surface area contributed by atoms with Crippen LogP contribution in [0.5, 0.6) is 5.88 Å². The number of anilines is 2. The van der Waals surface area contributed by atoms with E-state index in [1.54, 1.807) is 12.5 Å². The van der Waals surface area contributed by atoms with Gasteiger partial charge in [-0.25, -0.2) is 15.0 Å². The molecule has 24 heavy (non-hydrogen) atoms. The average molecular weight is 329 g/mol. The van der Waals surface area contributed by atoms with Crippen LogP contribution in [0.25, 0.3) is 0 Å². The van der Waals surface area contributed by atoms with E-state index in [2.05, 4.69) is 25.2 Å². The second-order valence-electron chi connectivity index (χ2n) is 5.69. The van der Waals surface area contributed by atoms with Gasteiger partial charge in [-0.1, -0.05) is 6.07 Å². The highest BCUT2D eigenvalue weighted by atomic mass is 16.5. The number of rotatable bonds is 7. The van der Waals surface area contributed by atoms with Crippen LogP contribution in [0.15, 0.2) is 30.7 Å². The quantitative estimate of drug-likeness (QED) is 0.802. The van der Waals surface area contributed by atoms with Crippen LogP contribution in [0.3, 0.4) is 0 Å². The van der Waals surface area contributed by atoms with Crippen LogP contribution in [0.1, 0.15) is 25.3 Å². The van der Waals surface area contributed by atoms with E-state index >= 15 is 0 Å². The smallest absolute Gasteiger partial charge is 0.218 e. The summed E-state index contributed by atoms with van der Waals surface area (Å²) >= 11 is 0. The molecule has 1 aliphatic rings. The van der Waals surface area contributed by atoms with Crippen LogP contribution in [-0.2, 0) is 6.54 Å². The third-order valence-electron chi connectivity index (χ3n) is 4.13. The van der Waals surface area contributed by atoms with Crippen LogP contribution in [0.2, 0.25) is 0 Å². The minimum absolute atomic E-state index is 0.149. The standard InChI is InChI=1S/C17H23N5O2/c1-2-24-17-13(5-3-7-18-17)10-19-15-9-16(21-12-20-15)22-8-4-6-14(22)11-23/h3,5,7,9,12,14,23H,2,4,6,8,10-11H2,1H3,(H,19,20,21). The van der Waals surface area contributed by atoms with E-state index < -0.39 is 0 Å². The molecule has 2 N–H and O–H groups in total. The Morgan fingerprint density at radius 1 is 1.38 bits per heavy atom. The predicted molar refractivity (Wildman–Crippen MR) is 92.2 cm³/mol. The summed E-state index contributed by atoms with van der Waals surface area (Å²) in [5.74, 6) is 2.23. The third-order valence-corrected chi connectivity index (χ3v) is 4.13. The zero-order valence-electron chi connectivity index (χ0n) is 13.9. The minimum atomic E-state index is 0.149. The first-order valence-electron chi connectivity index (χ1n) is 8.32. The van der Waals surface area contributed by atoms with Crippen molar-refractivity contribution in [2.24, 2.45) is 0 Å². The highest BCUT2D eigenvalue weighted by molar-refractivity contribution is 5.50. The average Bonchev–Trinajstić information content (AvgIpc) is 3.10. The molecule has 0 aromatic carbocycles. The number of aliphatic hydroxyl groups is 1. The number of aromatic nitrogens is 3. The van der Waals surface area contributed by atoms with Crippen molar-refractivity contribution in [3.63, 3.8) is 0 Å². The summed E-state index contributed by atoms with van der Waals surface area (Å²) in [5, 5.41) is 12.8. The Labute approximate surface area is 141 Å². The second kappa shape index (κ2) is 7.92. The van der Waals surface area contributed by atoms with E-state index in [0.29, 0.717) is 19.0 Å². The van der Waals surface area contributed by atoms with Gasteiger partial charge in [-0.05, 0) is 25.8 Å². The van der Waals surface area contributed by atoms with Crippen molar-refractivity contribution in [2.45, 2.75) is 32.4 Å². The Hall–Kier alpha value is -2.41. The first-order valence-corrected chi connectivity index (χ1v) is 8.32. The van der Waals surface area contributed by atoms with Crippen molar-refractivity contribution in [2.75, 3.05) is 30.0 Å². The molecule has 1 fully saturated rings. The summed E-state index contributed by atoms with van der Waals surface area (Å²) in [6.07, 6.45) is 5.35. The van der Waals surface area contributed by atoms with Gasteiger partial charge in [0.05, 0.1) is 19.3 Å². The molecule has 0 aliphatic carbocycles. The molecule has 0 amide bonds. The molecule has 7 heteroatoms. The Kier molecular flexibility index (Phi) is 5.43. The van der Waals surface area contributed by atoms with Crippen molar-refractivity contribution in [3.05, 3.63) is 36.3 Å². The van der Waals surface area contributed by atoms with Gasteiger partial charge in [0.15, 0.2) is 0 Å². The first-order chi connectivity index (χ1) is 11.8. The number of nitrogens with one attached hydrogen (secondary N) is 1. The Bertz CT molecular complexity index is 667. The Morgan fingerprint density at radius 2 is 2.29 bits per heavy atom. The molecular formula is C17H23N5O2. The summed E-state index contributed by atoms with van der Waals surface area (Å²) in [4.78, 5) is 15.0. The molecule has 0 spiro atoms. The van der Waals surface area contributed by atoms with E-state index in [1.165, 1.54) is 0 Å². The van der Waals surface area contributed by atoms with E-state index in [-0.39, 0.29) is 12.6 Å². The van der Waals surface area contributed by atoms with Gasteiger partial charge in [-0.2, -0.15) is 0 Å². The maximum absolute atomic E-state index is 9.48. The predicted octanol–water partition coefficient (Wildman–Crippen LogP) is 1.84. The SMILES string of the molecule is CCOc1ncccc1CNc1cc(N2CCCC2CO)ncn1. The highest BCUT2D eigenvalue weighted by Gasteiger charge is 2.25. The summed E-state index contributed by atoms with van der Waals surface area (Å²) in [6, 6.07) is 5.94. The van der Waals surface area contributed by atoms with E-state index in [1.807, 2.05) is 25.1 Å². The van der Waals surface area contributed by atoms with Gasteiger partial charge >= 0.3 is 0 Å². The van der Waals surface area contributed by atoms with Gasteiger partial charge in [0.25, 0.3) is 0 Å². The molecule has 1 unspecified atom stereocenters. The van der Waals surface area contributed by atoms with E-state index in [0.717, 1.165) is 36.6 Å². The fraction of sp³-hybridized carbons (Fsp3) is 0.471. The molecule has 7 nitrogen and oxygen atoms in total. The van der Waals surface area contributed by atoms with Gasteiger partial charge in [0.1, 0.15) is 18.0 Å². The van der Waals surface area contributed by atoms with Crippen molar-refractivity contribution in [1.82, 2.24) is 15.0 Å². The lowest BCUT2D eigenvalue weighted by Crippen LogP contribution is -2.32. The van der Waals surface area contributed by atoms with Crippen LogP contribution in [-0.4, -0.2) is 45.9 Å². The molecule has 2 aromatic rings. The maximum Gasteiger partial charge on any atom is 0.218 e. The number of hydrogen-bond donors (Lipinski definition) is 2. The fourth-order valence-corrected chi connectivity index (χ4v) is 2.94. The molecular weight excluding hydrogens is 306 g/mol. The number of nitrogens with zero attached hydrogens (tertiary/aromatic N) is 4. The number of aliphatic hydroxyl groups excluding tert-OH is 1. The number of pyridine rings is 1. The van der Waals surface area contributed by atoms with Crippen LogP contribution in [0, 0.1) is 0 Å². The molecule has 1 aliphatic heterocycles. The second-order valence-corrected chi connectivity index (χ2v) is 5.69. The van der Waals surface area contributed by atoms with Gasteiger partial charge in [-0.3, -0.25) is 0 Å². The molecule has 1 atom stereocenters.